The first-order valence-electron chi connectivity index (χ1n) is 6.80. The van der Waals surface area contributed by atoms with Gasteiger partial charge in [-0.2, -0.15) is 8.42 Å². The normalized spacial score (nSPS) is 18.9. The molecule has 1 heterocycles. The molecule has 0 saturated carbocycles. The number of nitrogens with zero attached hydrogens (tertiary/aromatic N) is 1. The third kappa shape index (κ3) is 4.44. The van der Waals surface area contributed by atoms with Crippen molar-refractivity contribution in [1.29, 1.82) is 0 Å². The van der Waals surface area contributed by atoms with Gasteiger partial charge < -0.3 is 4.74 Å². The summed E-state index contributed by atoms with van der Waals surface area (Å²) in [6.07, 6.45) is 1.96. The molecule has 6 nitrogen and oxygen atoms in total. The molecule has 21 heavy (non-hydrogen) atoms. The molecule has 1 fully saturated rings. The maximum atomic E-state index is 11.8. The van der Waals surface area contributed by atoms with E-state index in [1.165, 1.54) is 10.5 Å². The zero-order chi connectivity index (χ0) is 15.5. The van der Waals surface area contributed by atoms with Crippen molar-refractivity contribution in [3.63, 3.8) is 0 Å². The summed E-state index contributed by atoms with van der Waals surface area (Å²) in [6.45, 7) is 2.23. The van der Waals surface area contributed by atoms with Gasteiger partial charge in [-0.15, -0.1) is 0 Å². The van der Waals surface area contributed by atoms with Gasteiger partial charge in [0.1, 0.15) is 12.7 Å². The predicted octanol–water partition coefficient (Wildman–Crippen LogP) is 1.94. The number of cyclic esters (lactones) is 1. The van der Waals surface area contributed by atoms with Crippen LogP contribution in [-0.4, -0.2) is 40.0 Å². The van der Waals surface area contributed by atoms with Crippen molar-refractivity contribution >= 4 is 21.9 Å². The van der Waals surface area contributed by atoms with Gasteiger partial charge in [-0.1, -0.05) is 25.5 Å². The van der Waals surface area contributed by atoms with Crippen LogP contribution in [0.3, 0.4) is 0 Å². The van der Waals surface area contributed by atoms with E-state index >= 15 is 0 Å². The third-order valence-corrected chi connectivity index (χ3v) is 3.69. The van der Waals surface area contributed by atoms with Gasteiger partial charge in [0.25, 0.3) is 10.1 Å². The number of benzene rings is 1. The van der Waals surface area contributed by atoms with Crippen molar-refractivity contribution in [1.82, 2.24) is 0 Å². The summed E-state index contributed by atoms with van der Waals surface area (Å²) in [5, 5.41) is 0. The first-order chi connectivity index (χ1) is 9.89. The van der Waals surface area contributed by atoms with Gasteiger partial charge >= 0.3 is 6.09 Å². The Bertz CT molecular complexity index is 596. The maximum Gasteiger partial charge on any atom is 0.414 e. The molecular formula is C14H19NO5S. The van der Waals surface area contributed by atoms with Crippen molar-refractivity contribution in [2.45, 2.75) is 25.9 Å². The fourth-order valence-corrected chi connectivity index (χ4v) is 2.55. The van der Waals surface area contributed by atoms with Crippen LogP contribution in [0.25, 0.3) is 0 Å². The molecule has 1 aromatic rings. The molecule has 7 heteroatoms. The lowest BCUT2D eigenvalue weighted by atomic mass is 10.1. The smallest absolute Gasteiger partial charge is 0.414 e. The monoisotopic (exact) mass is 313 g/mol. The average Bonchev–Trinajstić information content (AvgIpc) is 2.78. The number of aryl methyl sites for hydroxylation is 1. The van der Waals surface area contributed by atoms with Crippen LogP contribution < -0.4 is 4.90 Å². The Hall–Kier alpha value is -1.60. The first kappa shape index (κ1) is 15.8. The molecule has 1 amide bonds. The van der Waals surface area contributed by atoms with Gasteiger partial charge in [0.15, 0.2) is 0 Å². The Balaban J connectivity index is 1.99. The molecule has 0 radical (unpaired) electrons. The molecule has 0 aliphatic carbocycles. The summed E-state index contributed by atoms with van der Waals surface area (Å²) in [4.78, 5) is 13.3. The quantitative estimate of drug-likeness (QED) is 0.750. The van der Waals surface area contributed by atoms with E-state index in [2.05, 4.69) is 11.1 Å². The molecule has 2 rings (SSSR count). The maximum absolute atomic E-state index is 11.8. The highest BCUT2D eigenvalue weighted by Gasteiger charge is 2.33. The zero-order valence-electron chi connectivity index (χ0n) is 12.1. The van der Waals surface area contributed by atoms with Crippen LogP contribution in [0.2, 0.25) is 0 Å². The van der Waals surface area contributed by atoms with Crippen LogP contribution in [0.4, 0.5) is 10.5 Å². The van der Waals surface area contributed by atoms with Gasteiger partial charge in [0.05, 0.1) is 12.8 Å². The highest BCUT2D eigenvalue weighted by Crippen LogP contribution is 2.22. The van der Waals surface area contributed by atoms with Crippen LogP contribution >= 0.6 is 0 Å². The van der Waals surface area contributed by atoms with E-state index in [9.17, 15) is 13.2 Å². The number of hydrogen-bond acceptors (Lipinski definition) is 5. The summed E-state index contributed by atoms with van der Waals surface area (Å²) < 4.78 is 31.7. The van der Waals surface area contributed by atoms with Crippen LogP contribution in [0.5, 0.6) is 0 Å². The number of hydrogen-bond donors (Lipinski definition) is 0. The van der Waals surface area contributed by atoms with E-state index in [1.807, 2.05) is 24.3 Å². The molecule has 0 N–H and O–H groups in total. The minimum Gasteiger partial charge on any atom is -0.441 e. The number of anilines is 1. The number of ether oxygens (including phenoxy) is 1. The molecule has 1 unspecified atom stereocenters. The van der Waals surface area contributed by atoms with Crippen LogP contribution in [0.1, 0.15) is 18.9 Å². The molecular weight excluding hydrogens is 294 g/mol. The topological polar surface area (TPSA) is 72.9 Å². The molecule has 0 spiro atoms. The average molecular weight is 313 g/mol. The van der Waals surface area contributed by atoms with Crippen molar-refractivity contribution in [3.05, 3.63) is 29.8 Å². The molecule has 1 aromatic carbocycles. The summed E-state index contributed by atoms with van der Waals surface area (Å²) in [7, 11) is -3.53. The summed E-state index contributed by atoms with van der Waals surface area (Å²) in [5.74, 6) is 0. The summed E-state index contributed by atoms with van der Waals surface area (Å²) in [6, 6.07) is 7.69. The van der Waals surface area contributed by atoms with Crippen molar-refractivity contribution in [3.8, 4) is 0 Å². The molecule has 116 valence electrons. The molecule has 1 aliphatic heterocycles. The Morgan fingerprint density at radius 2 is 2.00 bits per heavy atom. The molecule has 1 atom stereocenters. The van der Waals surface area contributed by atoms with E-state index in [-0.39, 0.29) is 13.2 Å². The third-order valence-electron chi connectivity index (χ3n) is 3.13. The van der Waals surface area contributed by atoms with Crippen LogP contribution in [-0.2, 0) is 25.5 Å². The van der Waals surface area contributed by atoms with E-state index in [0.29, 0.717) is 0 Å². The molecule has 0 bridgehead atoms. The van der Waals surface area contributed by atoms with E-state index in [4.69, 9.17) is 4.74 Å². The number of amides is 1. The minimum absolute atomic E-state index is 0.158. The van der Waals surface area contributed by atoms with E-state index in [1.54, 1.807) is 0 Å². The number of rotatable bonds is 6. The Morgan fingerprint density at radius 3 is 2.57 bits per heavy atom. The first-order valence-corrected chi connectivity index (χ1v) is 8.62. The summed E-state index contributed by atoms with van der Waals surface area (Å²) >= 11 is 0. The van der Waals surface area contributed by atoms with Crippen LogP contribution in [0, 0.1) is 0 Å². The molecule has 1 saturated heterocycles. The molecule has 1 aliphatic rings. The van der Waals surface area contributed by atoms with Gasteiger partial charge in [0.2, 0.25) is 0 Å². The van der Waals surface area contributed by atoms with E-state index < -0.39 is 22.3 Å². The second kappa shape index (κ2) is 6.44. The summed E-state index contributed by atoms with van der Waals surface area (Å²) in [5.41, 5.74) is 1.95. The lowest BCUT2D eigenvalue weighted by Gasteiger charge is -2.13. The van der Waals surface area contributed by atoms with Crippen molar-refractivity contribution in [2.24, 2.45) is 0 Å². The Labute approximate surface area is 124 Å². The lowest BCUT2D eigenvalue weighted by molar-refractivity contribution is 0.107. The highest BCUT2D eigenvalue weighted by molar-refractivity contribution is 7.85. The standard InChI is InChI=1S/C14H19NO5S/c1-3-4-11-5-7-12(8-6-11)15-9-13(20-14(15)16)10-19-21(2,17)18/h5-8,13H,3-4,9-10H2,1-2H3. The second-order valence-corrected chi connectivity index (χ2v) is 6.67. The van der Waals surface area contributed by atoms with Gasteiger partial charge in [-0.05, 0) is 24.1 Å². The van der Waals surface area contributed by atoms with Crippen LogP contribution in [0.15, 0.2) is 24.3 Å². The van der Waals surface area contributed by atoms with Crippen molar-refractivity contribution in [2.75, 3.05) is 24.3 Å². The fraction of sp³-hybridized carbons (Fsp3) is 0.500. The second-order valence-electron chi connectivity index (χ2n) is 5.02. The van der Waals surface area contributed by atoms with Gasteiger partial charge in [-0.3, -0.25) is 9.08 Å². The highest BCUT2D eigenvalue weighted by atomic mass is 32.2. The van der Waals surface area contributed by atoms with Gasteiger partial charge in [-0.25, -0.2) is 4.79 Å². The number of carbonyl (C=O) groups excluding carboxylic acids is 1. The SMILES string of the molecule is CCCc1ccc(N2CC(COS(C)(=O)=O)OC2=O)cc1. The zero-order valence-corrected chi connectivity index (χ0v) is 12.9. The van der Waals surface area contributed by atoms with Gasteiger partial charge in [0, 0.05) is 5.69 Å². The fourth-order valence-electron chi connectivity index (χ4n) is 2.15. The predicted molar refractivity (Wildman–Crippen MR) is 78.8 cm³/mol. The van der Waals surface area contributed by atoms with Crippen molar-refractivity contribution < 1.29 is 22.1 Å². The lowest BCUT2D eigenvalue weighted by Crippen LogP contribution is -2.26. The Morgan fingerprint density at radius 1 is 1.33 bits per heavy atom. The van der Waals surface area contributed by atoms with E-state index in [0.717, 1.165) is 24.8 Å². The number of carbonyl (C=O) groups is 1. The Kier molecular flexibility index (Phi) is 4.84. The molecule has 0 aromatic heterocycles. The largest absolute Gasteiger partial charge is 0.441 e. The minimum atomic E-state index is -3.53.